The molecule has 0 spiro atoms. The van der Waals surface area contributed by atoms with Gasteiger partial charge in [0.1, 0.15) is 18.8 Å². The second kappa shape index (κ2) is 9.35. The summed E-state index contributed by atoms with van der Waals surface area (Å²) in [7, 11) is 0. The predicted molar refractivity (Wildman–Crippen MR) is 127 cm³/mol. The number of amides is 1. The molecule has 0 aliphatic carbocycles. The monoisotopic (exact) mass is 455 g/mol. The normalized spacial score (nSPS) is 27.8. The summed E-state index contributed by atoms with van der Waals surface area (Å²) in [6, 6.07) is 10.5. The molecule has 8 nitrogen and oxygen atoms in total. The summed E-state index contributed by atoms with van der Waals surface area (Å²) >= 11 is 1.56. The van der Waals surface area contributed by atoms with Crippen LogP contribution in [-0.4, -0.2) is 85.3 Å². The Kier molecular flexibility index (Phi) is 6.32. The zero-order valence-electron chi connectivity index (χ0n) is 18.5. The van der Waals surface area contributed by atoms with Gasteiger partial charge in [0, 0.05) is 44.1 Å². The topological polar surface area (TPSA) is 78.3 Å². The Morgan fingerprint density at radius 1 is 1.25 bits per heavy atom. The van der Waals surface area contributed by atoms with E-state index in [4.69, 9.17) is 14.8 Å². The van der Waals surface area contributed by atoms with E-state index in [0.29, 0.717) is 23.4 Å². The number of rotatable bonds is 6. The number of aliphatic imine (C=N–C) groups is 1. The summed E-state index contributed by atoms with van der Waals surface area (Å²) in [5.41, 5.74) is 3.14. The van der Waals surface area contributed by atoms with E-state index in [1.54, 1.807) is 11.8 Å². The van der Waals surface area contributed by atoms with E-state index < -0.39 is 0 Å². The number of hydrogen-bond donors (Lipinski definition) is 2. The van der Waals surface area contributed by atoms with Crippen LogP contribution in [0.5, 0.6) is 0 Å². The minimum atomic E-state index is -0.0317. The Hall–Kier alpha value is -2.20. The number of fused-ring (bicyclic) bond motifs is 1. The van der Waals surface area contributed by atoms with E-state index in [2.05, 4.69) is 39.8 Å². The Morgan fingerprint density at radius 2 is 2.06 bits per heavy atom. The van der Waals surface area contributed by atoms with Crippen molar-refractivity contribution >= 4 is 28.8 Å². The van der Waals surface area contributed by atoms with Crippen molar-refractivity contribution in [3.05, 3.63) is 47.2 Å². The molecule has 1 fully saturated rings. The molecule has 32 heavy (non-hydrogen) atoms. The van der Waals surface area contributed by atoms with E-state index in [1.165, 1.54) is 11.1 Å². The highest BCUT2D eigenvalue weighted by molar-refractivity contribution is 8.13. The zero-order valence-corrected chi connectivity index (χ0v) is 19.4. The molecule has 0 aromatic heterocycles. The molecule has 170 valence electrons. The van der Waals surface area contributed by atoms with Crippen molar-refractivity contribution in [2.75, 3.05) is 58.7 Å². The lowest BCUT2D eigenvalue weighted by atomic mass is 9.86. The van der Waals surface area contributed by atoms with Crippen molar-refractivity contribution in [2.45, 2.75) is 12.8 Å². The Labute approximate surface area is 193 Å². The number of thioether (sulfide) groups is 1. The number of amidine groups is 1. The molecule has 4 heterocycles. The van der Waals surface area contributed by atoms with Crippen molar-refractivity contribution in [3.8, 4) is 0 Å². The van der Waals surface area contributed by atoms with Crippen molar-refractivity contribution in [1.29, 1.82) is 0 Å². The molecule has 1 amide bonds. The third kappa shape index (κ3) is 4.34. The van der Waals surface area contributed by atoms with Crippen molar-refractivity contribution in [2.24, 2.45) is 16.0 Å². The molecule has 5 rings (SSSR count). The number of nitrogens with zero attached hydrogens (tertiary/aromatic N) is 4. The van der Waals surface area contributed by atoms with E-state index in [0.717, 1.165) is 63.4 Å². The smallest absolute Gasteiger partial charge is 0.337 e. The number of carbonyl (C=O) groups is 1. The van der Waals surface area contributed by atoms with Crippen LogP contribution in [0, 0.1) is 5.92 Å². The minimum absolute atomic E-state index is 0.0317. The van der Waals surface area contributed by atoms with Gasteiger partial charge in [-0.15, -0.1) is 9.58 Å². The average Bonchev–Trinajstić information content (AvgIpc) is 3.19. The van der Waals surface area contributed by atoms with Crippen molar-refractivity contribution in [1.82, 2.24) is 15.5 Å². The average molecular weight is 456 g/mol. The third-order valence-corrected chi connectivity index (χ3v) is 7.24. The van der Waals surface area contributed by atoms with E-state index in [9.17, 15) is 4.79 Å². The second-order valence-electron chi connectivity index (χ2n) is 8.76. The van der Waals surface area contributed by atoms with E-state index in [1.807, 2.05) is 12.3 Å². The van der Waals surface area contributed by atoms with E-state index >= 15 is 0 Å². The number of benzene rings is 1. The van der Waals surface area contributed by atoms with Gasteiger partial charge in [-0.3, -0.25) is 15.0 Å². The third-order valence-electron chi connectivity index (χ3n) is 6.71. The summed E-state index contributed by atoms with van der Waals surface area (Å²) in [4.78, 5) is 19.9. The van der Waals surface area contributed by atoms with Gasteiger partial charge in [-0.2, -0.15) is 0 Å². The largest absolute Gasteiger partial charge is 0.379 e. The van der Waals surface area contributed by atoms with Crippen LogP contribution < -0.4 is 10.6 Å². The SMILES string of the molecule is CSC1=N[N+]2(CCCN3CCOCC3)CC3=C(NC2=N1)C(=O)NCC3Cc1ccccc1. The molecule has 1 aromatic carbocycles. The summed E-state index contributed by atoms with van der Waals surface area (Å²) in [6.07, 6.45) is 3.93. The molecule has 9 heteroatoms. The van der Waals surface area contributed by atoms with Crippen LogP contribution in [0.1, 0.15) is 12.0 Å². The van der Waals surface area contributed by atoms with Gasteiger partial charge in [-0.25, -0.2) is 0 Å². The molecule has 1 aromatic rings. The number of morpholine rings is 1. The molecular formula is C23H31N6O2S+. The number of hydrogen-bond acceptors (Lipinski definition) is 7. The number of quaternary nitrogens is 1. The lowest BCUT2D eigenvalue weighted by molar-refractivity contribution is -0.845. The lowest BCUT2D eigenvalue weighted by Gasteiger charge is -2.39. The highest BCUT2D eigenvalue weighted by Crippen LogP contribution is 2.33. The fourth-order valence-corrected chi connectivity index (χ4v) is 5.39. The molecular weight excluding hydrogens is 424 g/mol. The molecule has 1 saturated heterocycles. The fraction of sp³-hybridized carbons (Fsp3) is 0.522. The first-order chi connectivity index (χ1) is 15.7. The van der Waals surface area contributed by atoms with Crippen LogP contribution in [0.3, 0.4) is 0 Å². The van der Waals surface area contributed by atoms with Gasteiger partial charge in [0.05, 0.1) is 13.2 Å². The van der Waals surface area contributed by atoms with Crippen LogP contribution in [0.15, 0.2) is 51.7 Å². The van der Waals surface area contributed by atoms with Crippen LogP contribution in [0.2, 0.25) is 0 Å². The van der Waals surface area contributed by atoms with E-state index in [-0.39, 0.29) is 11.8 Å². The maximum absolute atomic E-state index is 12.7. The molecule has 0 radical (unpaired) electrons. The van der Waals surface area contributed by atoms with Crippen LogP contribution in [0.4, 0.5) is 0 Å². The summed E-state index contributed by atoms with van der Waals surface area (Å²) in [5.74, 6) is 1.00. The van der Waals surface area contributed by atoms with Gasteiger partial charge >= 0.3 is 5.96 Å². The number of ether oxygens (including phenoxy) is 1. The first-order valence-corrected chi connectivity index (χ1v) is 12.6. The summed E-state index contributed by atoms with van der Waals surface area (Å²) in [6.45, 7) is 6.88. The first kappa shape index (κ1) is 21.6. The maximum atomic E-state index is 12.7. The molecule has 2 unspecified atom stereocenters. The standard InChI is InChI=1S/C23H30N6O2S/c1-32-23-26-22-25-20-19(18(15-24-21(20)30)14-17-6-3-2-4-7-17)16-29(22,27-23)11-5-8-28-9-12-31-13-10-28/h2-4,6-7,18H,5,8-16H2,1H3,(H-,24,25,26,27,30)/p+1. The molecule has 2 atom stereocenters. The van der Waals surface area contributed by atoms with Gasteiger partial charge in [-0.05, 0) is 23.3 Å². The molecule has 0 saturated carbocycles. The zero-order chi connectivity index (χ0) is 22.0. The maximum Gasteiger partial charge on any atom is 0.337 e. The van der Waals surface area contributed by atoms with Crippen LogP contribution >= 0.6 is 11.8 Å². The predicted octanol–water partition coefficient (Wildman–Crippen LogP) is 1.38. The fourth-order valence-electron chi connectivity index (χ4n) is 4.97. The lowest BCUT2D eigenvalue weighted by Crippen LogP contribution is -2.62. The van der Waals surface area contributed by atoms with Crippen molar-refractivity contribution < 1.29 is 14.1 Å². The molecule has 2 N–H and O–H groups in total. The molecule has 0 bridgehead atoms. The second-order valence-corrected chi connectivity index (χ2v) is 9.53. The molecule has 4 aliphatic rings. The number of guanidine groups is 1. The Balaban J connectivity index is 1.38. The number of nitrogens with one attached hydrogen (secondary N) is 2. The Bertz CT molecular complexity index is 956. The van der Waals surface area contributed by atoms with Gasteiger partial charge in [0.15, 0.2) is 0 Å². The summed E-state index contributed by atoms with van der Waals surface area (Å²) in [5, 5.41) is 12.3. The van der Waals surface area contributed by atoms with Gasteiger partial charge in [0.2, 0.25) is 5.17 Å². The van der Waals surface area contributed by atoms with Crippen LogP contribution in [-0.2, 0) is 16.0 Å². The minimum Gasteiger partial charge on any atom is -0.379 e. The highest BCUT2D eigenvalue weighted by atomic mass is 32.2. The summed E-state index contributed by atoms with van der Waals surface area (Å²) < 4.78 is 5.92. The van der Waals surface area contributed by atoms with Gasteiger partial charge in [-0.1, -0.05) is 42.1 Å². The Morgan fingerprint density at radius 3 is 2.84 bits per heavy atom. The van der Waals surface area contributed by atoms with Crippen molar-refractivity contribution in [3.63, 3.8) is 0 Å². The number of carbonyl (C=O) groups excluding carboxylic acids is 1. The van der Waals surface area contributed by atoms with Crippen LogP contribution in [0.25, 0.3) is 0 Å². The molecule has 4 aliphatic heterocycles. The quantitative estimate of drug-likeness (QED) is 0.634. The van der Waals surface area contributed by atoms with Gasteiger partial charge in [0.25, 0.3) is 5.91 Å². The highest BCUT2D eigenvalue weighted by Gasteiger charge is 2.49. The first-order valence-electron chi connectivity index (χ1n) is 11.4. The van der Waals surface area contributed by atoms with Gasteiger partial charge < -0.3 is 10.1 Å².